The monoisotopic (exact) mass is 274 g/mol. The summed E-state index contributed by atoms with van der Waals surface area (Å²) in [6.07, 6.45) is 7.73. The number of aromatic hydroxyl groups is 1. The molecule has 2 rings (SSSR count). The van der Waals surface area contributed by atoms with Gasteiger partial charge < -0.3 is 14.8 Å². The van der Waals surface area contributed by atoms with Gasteiger partial charge in [-0.3, -0.25) is 0 Å². The van der Waals surface area contributed by atoms with E-state index in [1.165, 1.54) is 11.1 Å². The van der Waals surface area contributed by atoms with Crippen LogP contribution in [0.4, 0.5) is 0 Å². The first-order valence-corrected chi connectivity index (χ1v) is 7.16. The van der Waals surface area contributed by atoms with Crippen LogP contribution < -0.4 is 0 Å². The Morgan fingerprint density at radius 1 is 1.20 bits per heavy atom. The number of hydrogen-bond donors (Lipinski definition) is 2. The molecule has 1 aromatic heterocycles. The Labute approximate surface area is 119 Å². The number of hydrogen-bond acceptors (Lipinski definition) is 3. The maximum Gasteiger partial charge on any atom is 0.134 e. The Morgan fingerprint density at radius 2 is 2.05 bits per heavy atom. The summed E-state index contributed by atoms with van der Waals surface area (Å²) in [5.74, 6) is 1.07. The molecule has 108 valence electrons. The van der Waals surface area contributed by atoms with Crippen LogP contribution in [0, 0.1) is 0 Å². The van der Waals surface area contributed by atoms with Crippen LogP contribution in [0.15, 0.2) is 30.6 Å². The van der Waals surface area contributed by atoms with E-state index in [4.69, 9.17) is 5.11 Å². The van der Waals surface area contributed by atoms with Crippen molar-refractivity contribution in [3.63, 3.8) is 0 Å². The van der Waals surface area contributed by atoms with Gasteiger partial charge in [0.15, 0.2) is 0 Å². The Hall–Kier alpha value is -1.81. The zero-order chi connectivity index (χ0) is 14.4. The van der Waals surface area contributed by atoms with Crippen LogP contribution >= 0.6 is 0 Å². The second-order valence-electron chi connectivity index (χ2n) is 4.96. The number of benzene rings is 1. The summed E-state index contributed by atoms with van der Waals surface area (Å²) in [6, 6.07) is 5.63. The van der Waals surface area contributed by atoms with E-state index in [9.17, 15) is 5.11 Å². The third-order valence-corrected chi connectivity index (χ3v) is 3.61. The van der Waals surface area contributed by atoms with E-state index in [2.05, 4.69) is 11.9 Å². The van der Waals surface area contributed by atoms with Crippen LogP contribution in [0.25, 0.3) is 0 Å². The van der Waals surface area contributed by atoms with Crippen molar-refractivity contribution < 1.29 is 10.2 Å². The van der Waals surface area contributed by atoms with Gasteiger partial charge in [-0.1, -0.05) is 13.0 Å². The third kappa shape index (κ3) is 3.61. The molecule has 1 heterocycles. The van der Waals surface area contributed by atoms with Gasteiger partial charge in [0, 0.05) is 18.9 Å². The molecule has 0 aliphatic heterocycles. The van der Waals surface area contributed by atoms with Crippen LogP contribution in [0.5, 0.6) is 5.75 Å². The van der Waals surface area contributed by atoms with Crippen molar-refractivity contribution in [1.29, 1.82) is 0 Å². The lowest BCUT2D eigenvalue weighted by atomic mass is 10.00. The number of aromatic nitrogens is 2. The van der Waals surface area contributed by atoms with Crippen LogP contribution in [-0.4, -0.2) is 19.8 Å². The Morgan fingerprint density at radius 3 is 2.80 bits per heavy atom. The number of phenolic OH excluding ortho intramolecular Hbond substituents is 1. The average molecular weight is 274 g/mol. The smallest absolute Gasteiger partial charge is 0.134 e. The first-order valence-electron chi connectivity index (χ1n) is 7.16. The van der Waals surface area contributed by atoms with E-state index in [1.807, 2.05) is 22.9 Å². The Balaban J connectivity index is 1.84. The van der Waals surface area contributed by atoms with Gasteiger partial charge >= 0.3 is 0 Å². The van der Waals surface area contributed by atoms with Gasteiger partial charge in [-0.2, -0.15) is 0 Å². The molecule has 0 spiro atoms. The molecule has 0 unspecified atom stereocenters. The van der Waals surface area contributed by atoms with Crippen LogP contribution in [-0.2, 0) is 26.0 Å². The molecule has 0 saturated heterocycles. The quantitative estimate of drug-likeness (QED) is 0.763. The van der Waals surface area contributed by atoms with Crippen LogP contribution in [0.1, 0.15) is 36.7 Å². The molecular formula is C16H22N2O2. The summed E-state index contributed by atoms with van der Waals surface area (Å²) in [5, 5.41) is 18.6. The topological polar surface area (TPSA) is 58.3 Å². The van der Waals surface area contributed by atoms with Gasteiger partial charge in [-0.15, -0.1) is 0 Å². The maximum atomic E-state index is 9.49. The van der Waals surface area contributed by atoms with Gasteiger partial charge in [0.1, 0.15) is 18.2 Å². The number of aryl methyl sites for hydroxylation is 3. The average Bonchev–Trinajstić information content (AvgIpc) is 2.92. The SMILES string of the molecule is CCc1cc(O)ccc1CCCCn1ccnc1CO. The summed E-state index contributed by atoms with van der Waals surface area (Å²) in [6.45, 7) is 2.98. The number of aliphatic hydroxyl groups is 1. The molecule has 2 aromatic rings. The Bertz CT molecular complexity index is 549. The van der Waals surface area contributed by atoms with Crippen LogP contribution in [0.3, 0.4) is 0 Å². The molecule has 1 aromatic carbocycles. The van der Waals surface area contributed by atoms with E-state index < -0.39 is 0 Å². The molecule has 4 nitrogen and oxygen atoms in total. The molecule has 20 heavy (non-hydrogen) atoms. The third-order valence-electron chi connectivity index (χ3n) is 3.61. The first kappa shape index (κ1) is 14.6. The van der Waals surface area contributed by atoms with Gasteiger partial charge in [-0.05, 0) is 48.9 Å². The summed E-state index contributed by atoms with van der Waals surface area (Å²) >= 11 is 0. The second kappa shape index (κ2) is 7.10. The lowest BCUT2D eigenvalue weighted by Gasteiger charge is -2.09. The number of phenols is 1. The largest absolute Gasteiger partial charge is 0.508 e. The minimum atomic E-state index is -0.00898. The number of imidazole rings is 1. The highest BCUT2D eigenvalue weighted by molar-refractivity contribution is 5.34. The zero-order valence-corrected chi connectivity index (χ0v) is 11.9. The predicted molar refractivity (Wildman–Crippen MR) is 78.6 cm³/mol. The van der Waals surface area contributed by atoms with Gasteiger partial charge in [0.25, 0.3) is 0 Å². The fraction of sp³-hybridized carbons (Fsp3) is 0.438. The van der Waals surface area contributed by atoms with E-state index >= 15 is 0 Å². The molecule has 2 N–H and O–H groups in total. The lowest BCUT2D eigenvalue weighted by molar-refractivity contribution is 0.264. The standard InChI is InChI=1S/C16H22N2O2/c1-2-13-11-15(20)7-6-14(13)5-3-4-9-18-10-8-17-16(18)12-19/h6-8,10-11,19-20H,2-5,9,12H2,1H3. The molecule has 0 fully saturated rings. The Kier molecular flexibility index (Phi) is 5.18. The summed E-state index contributed by atoms with van der Waals surface area (Å²) in [5.41, 5.74) is 2.54. The first-order chi connectivity index (χ1) is 9.74. The van der Waals surface area contributed by atoms with E-state index in [1.54, 1.807) is 12.3 Å². The molecular weight excluding hydrogens is 252 g/mol. The van der Waals surface area contributed by atoms with Gasteiger partial charge in [0.05, 0.1) is 0 Å². The van der Waals surface area contributed by atoms with Crippen molar-refractivity contribution in [2.75, 3.05) is 0 Å². The number of rotatable bonds is 7. The number of aliphatic hydroxyl groups excluding tert-OH is 1. The van der Waals surface area contributed by atoms with Crippen molar-refractivity contribution in [2.45, 2.75) is 45.8 Å². The van der Waals surface area contributed by atoms with Crippen molar-refractivity contribution in [2.24, 2.45) is 0 Å². The molecule has 0 aliphatic carbocycles. The fourth-order valence-electron chi connectivity index (χ4n) is 2.48. The fourth-order valence-corrected chi connectivity index (χ4v) is 2.48. The molecule has 0 amide bonds. The molecule has 0 saturated carbocycles. The highest BCUT2D eigenvalue weighted by atomic mass is 16.3. The minimum absolute atomic E-state index is 0.00898. The van der Waals surface area contributed by atoms with Crippen LogP contribution in [0.2, 0.25) is 0 Å². The highest BCUT2D eigenvalue weighted by Crippen LogP contribution is 2.19. The molecule has 0 atom stereocenters. The van der Waals surface area contributed by atoms with Crippen molar-refractivity contribution in [3.05, 3.63) is 47.5 Å². The normalized spacial score (nSPS) is 10.9. The lowest BCUT2D eigenvalue weighted by Crippen LogP contribution is -2.03. The molecule has 4 heteroatoms. The predicted octanol–water partition coefficient (Wildman–Crippen LogP) is 2.67. The summed E-state index contributed by atoms with van der Waals surface area (Å²) in [4.78, 5) is 4.09. The van der Waals surface area contributed by atoms with Crippen molar-refractivity contribution >= 4 is 0 Å². The molecule has 0 radical (unpaired) electrons. The maximum absolute atomic E-state index is 9.49. The minimum Gasteiger partial charge on any atom is -0.508 e. The van der Waals surface area contributed by atoms with E-state index in [0.29, 0.717) is 5.75 Å². The number of nitrogens with zero attached hydrogens (tertiary/aromatic N) is 2. The molecule has 0 bridgehead atoms. The van der Waals surface area contributed by atoms with E-state index in [-0.39, 0.29) is 6.61 Å². The second-order valence-corrected chi connectivity index (χ2v) is 4.96. The zero-order valence-electron chi connectivity index (χ0n) is 11.9. The van der Waals surface area contributed by atoms with Gasteiger partial charge in [-0.25, -0.2) is 4.98 Å². The van der Waals surface area contributed by atoms with Crippen molar-refractivity contribution in [3.8, 4) is 5.75 Å². The summed E-state index contributed by atoms with van der Waals surface area (Å²) in [7, 11) is 0. The number of unbranched alkanes of at least 4 members (excludes halogenated alkanes) is 1. The molecule has 0 aliphatic rings. The van der Waals surface area contributed by atoms with Crippen molar-refractivity contribution in [1.82, 2.24) is 9.55 Å². The van der Waals surface area contributed by atoms with E-state index in [0.717, 1.165) is 38.1 Å². The summed E-state index contributed by atoms with van der Waals surface area (Å²) < 4.78 is 2.00. The highest BCUT2D eigenvalue weighted by Gasteiger charge is 2.04. The van der Waals surface area contributed by atoms with Gasteiger partial charge in [0.2, 0.25) is 0 Å².